The van der Waals surface area contributed by atoms with Crippen LogP contribution in [0.5, 0.6) is 0 Å². The first kappa shape index (κ1) is 8.69. The Kier molecular flexibility index (Phi) is 2.14. The maximum absolute atomic E-state index is 5.85. The van der Waals surface area contributed by atoms with Crippen LogP contribution in [0.2, 0.25) is 0 Å². The van der Waals surface area contributed by atoms with Gasteiger partial charge >= 0.3 is 0 Å². The van der Waals surface area contributed by atoms with Crippen molar-refractivity contribution in [1.82, 2.24) is 0 Å². The van der Waals surface area contributed by atoms with Gasteiger partial charge in [-0.15, -0.1) is 0 Å². The Morgan fingerprint density at radius 1 is 1.00 bits per heavy atom. The Balaban J connectivity index is 2.81. The third kappa shape index (κ3) is 1.33. The molecule has 14 heavy (non-hydrogen) atoms. The molecule has 0 radical (unpaired) electrons. The monoisotopic (exact) mass is 185 g/mol. The molecule has 2 aromatic rings. The molecule has 2 rings (SSSR count). The molecule has 70 valence electrons. The number of fused-ring (bicyclic) bond motifs is 1. The van der Waals surface area contributed by atoms with Crippen LogP contribution in [0.4, 0.5) is 11.4 Å². The summed E-state index contributed by atoms with van der Waals surface area (Å²) in [5, 5.41) is 9.88. The third-order valence-corrected chi connectivity index (χ3v) is 2.14. The minimum absolute atomic E-state index is 0.774. The molecule has 0 heterocycles. The van der Waals surface area contributed by atoms with Crippen molar-refractivity contribution in [3.8, 4) is 0 Å². The fourth-order valence-electron chi connectivity index (χ4n) is 1.50. The summed E-state index contributed by atoms with van der Waals surface area (Å²) in [5.74, 6) is 0. The summed E-state index contributed by atoms with van der Waals surface area (Å²) in [6.07, 6.45) is 0. The lowest BCUT2D eigenvalue weighted by molar-refractivity contribution is 1.18. The van der Waals surface area contributed by atoms with E-state index >= 15 is 0 Å². The predicted molar refractivity (Wildman–Crippen MR) is 58.8 cm³/mol. The molecule has 0 amide bonds. The lowest BCUT2D eigenvalue weighted by Crippen LogP contribution is -1.85. The van der Waals surface area contributed by atoms with E-state index in [1.54, 1.807) is 7.05 Å². The lowest BCUT2D eigenvalue weighted by atomic mass is 10.1. The van der Waals surface area contributed by atoms with Crippen LogP contribution >= 0.6 is 0 Å². The Morgan fingerprint density at radius 2 is 1.71 bits per heavy atom. The second-order valence-corrected chi connectivity index (χ2v) is 3.02. The lowest BCUT2D eigenvalue weighted by Gasteiger charge is -2.03. The molecule has 2 N–H and O–H groups in total. The standard InChI is InChI=1S/C11H11N3/c1-13-14-11-7-6-10(12)8-4-2-3-5-9(8)11/h2-7H,12H2,1H3. The Hall–Kier alpha value is -1.90. The summed E-state index contributed by atoms with van der Waals surface area (Å²) in [6, 6.07) is 11.6. The van der Waals surface area contributed by atoms with Gasteiger partial charge in [0.2, 0.25) is 0 Å². The van der Waals surface area contributed by atoms with Crippen molar-refractivity contribution in [3.63, 3.8) is 0 Å². The molecule has 0 spiro atoms. The van der Waals surface area contributed by atoms with Gasteiger partial charge in [0.15, 0.2) is 0 Å². The number of hydrogen-bond donors (Lipinski definition) is 1. The molecule has 0 aromatic heterocycles. The van der Waals surface area contributed by atoms with Gasteiger partial charge in [-0.1, -0.05) is 24.3 Å². The Bertz CT molecular complexity index is 489. The van der Waals surface area contributed by atoms with Crippen LogP contribution < -0.4 is 5.73 Å². The fourth-order valence-corrected chi connectivity index (χ4v) is 1.50. The number of rotatable bonds is 1. The van der Waals surface area contributed by atoms with Crippen LogP contribution in [-0.4, -0.2) is 7.05 Å². The van der Waals surface area contributed by atoms with Gasteiger partial charge in [-0.3, -0.25) is 0 Å². The minimum Gasteiger partial charge on any atom is -0.398 e. The third-order valence-electron chi connectivity index (χ3n) is 2.14. The molecule has 2 aromatic carbocycles. The SMILES string of the molecule is CN=Nc1ccc(N)c2ccccc12. The average Bonchev–Trinajstić information content (AvgIpc) is 2.23. The molecule has 3 heteroatoms. The van der Waals surface area contributed by atoms with Crippen molar-refractivity contribution < 1.29 is 0 Å². The number of nitrogen functional groups attached to an aromatic ring is 1. The number of azo groups is 1. The summed E-state index contributed by atoms with van der Waals surface area (Å²) in [4.78, 5) is 0. The van der Waals surface area contributed by atoms with Crippen LogP contribution in [0.15, 0.2) is 46.6 Å². The molecule has 0 bridgehead atoms. The number of nitrogens with two attached hydrogens (primary N) is 1. The van der Waals surface area contributed by atoms with Gasteiger partial charge in [-0.05, 0) is 12.1 Å². The molecule has 0 saturated heterocycles. The zero-order valence-corrected chi connectivity index (χ0v) is 7.94. The number of benzene rings is 2. The molecule has 0 aliphatic rings. The second kappa shape index (κ2) is 3.46. The quantitative estimate of drug-likeness (QED) is 0.538. The van der Waals surface area contributed by atoms with Crippen molar-refractivity contribution in [2.45, 2.75) is 0 Å². The van der Waals surface area contributed by atoms with E-state index in [-0.39, 0.29) is 0 Å². The number of nitrogens with zero attached hydrogens (tertiary/aromatic N) is 2. The van der Waals surface area contributed by atoms with Crippen molar-refractivity contribution in [2.24, 2.45) is 10.2 Å². The van der Waals surface area contributed by atoms with Crippen molar-refractivity contribution in [1.29, 1.82) is 0 Å². The summed E-state index contributed by atoms with van der Waals surface area (Å²) in [7, 11) is 1.66. The molecule has 0 aliphatic heterocycles. The highest BCUT2D eigenvalue weighted by atomic mass is 15.1. The van der Waals surface area contributed by atoms with Crippen LogP contribution in [0.1, 0.15) is 0 Å². The van der Waals surface area contributed by atoms with Gasteiger partial charge in [0.25, 0.3) is 0 Å². The van der Waals surface area contributed by atoms with Crippen LogP contribution in [0, 0.1) is 0 Å². The maximum Gasteiger partial charge on any atom is 0.0932 e. The first-order valence-electron chi connectivity index (χ1n) is 4.40. The maximum atomic E-state index is 5.85. The largest absolute Gasteiger partial charge is 0.398 e. The summed E-state index contributed by atoms with van der Waals surface area (Å²) < 4.78 is 0. The number of hydrogen-bond acceptors (Lipinski definition) is 3. The van der Waals surface area contributed by atoms with Gasteiger partial charge in [0.1, 0.15) is 0 Å². The zero-order chi connectivity index (χ0) is 9.97. The Morgan fingerprint density at radius 3 is 2.43 bits per heavy atom. The number of anilines is 1. The molecule has 0 fully saturated rings. The van der Waals surface area contributed by atoms with E-state index in [1.807, 2.05) is 36.4 Å². The van der Waals surface area contributed by atoms with Gasteiger partial charge < -0.3 is 5.73 Å². The highest BCUT2D eigenvalue weighted by molar-refractivity contribution is 5.99. The summed E-state index contributed by atoms with van der Waals surface area (Å²) >= 11 is 0. The van der Waals surface area contributed by atoms with Crippen molar-refractivity contribution in [2.75, 3.05) is 12.8 Å². The second-order valence-electron chi connectivity index (χ2n) is 3.02. The van der Waals surface area contributed by atoms with Gasteiger partial charge in [-0.2, -0.15) is 10.2 Å². The fraction of sp³-hybridized carbons (Fsp3) is 0.0909. The zero-order valence-electron chi connectivity index (χ0n) is 7.94. The van der Waals surface area contributed by atoms with E-state index in [0.717, 1.165) is 22.1 Å². The van der Waals surface area contributed by atoms with Crippen LogP contribution in [-0.2, 0) is 0 Å². The summed E-state index contributed by atoms with van der Waals surface area (Å²) in [5.41, 5.74) is 7.48. The normalized spacial score (nSPS) is 11.2. The predicted octanol–water partition coefficient (Wildman–Crippen LogP) is 3.14. The topological polar surface area (TPSA) is 50.7 Å². The molecule has 3 nitrogen and oxygen atoms in total. The average molecular weight is 185 g/mol. The van der Waals surface area contributed by atoms with Crippen LogP contribution in [0.3, 0.4) is 0 Å². The molecule has 0 unspecified atom stereocenters. The van der Waals surface area contributed by atoms with E-state index in [0.29, 0.717) is 0 Å². The van der Waals surface area contributed by atoms with Gasteiger partial charge in [-0.25, -0.2) is 0 Å². The molecular formula is C11H11N3. The molecule has 0 aliphatic carbocycles. The van der Waals surface area contributed by atoms with Gasteiger partial charge in [0.05, 0.1) is 5.69 Å². The van der Waals surface area contributed by atoms with E-state index in [4.69, 9.17) is 5.73 Å². The van der Waals surface area contributed by atoms with Crippen molar-refractivity contribution in [3.05, 3.63) is 36.4 Å². The van der Waals surface area contributed by atoms with Crippen LogP contribution in [0.25, 0.3) is 10.8 Å². The smallest absolute Gasteiger partial charge is 0.0932 e. The van der Waals surface area contributed by atoms with E-state index in [2.05, 4.69) is 10.2 Å². The first-order chi connectivity index (χ1) is 6.83. The highest BCUT2D eigenvalue weighted by Crippen LogP contribution is 2.29. The Labute approximate surface area is 82.3 Å². The van der Waals surface area contributed by atoms with E-state index in [1.165, 1.54) is 0 Å². The molecule has 0 atom stereocenters. The van der Waals surface area contributed by atoms with E-state index < -0.39 is 0 Å². The highest BCUT2D eigenvalue weighted by Gasteiger charge is 2.01. The molecule has 0 saturated carbocycles. The van der Waals surface area contributed by atoms with Gasteiger partial charge in [0, 0.05) is 23.5 Å². The molecular weight excluding hydrogens is 174 g/mol. The summed E-state index contributed by atoms with van der Waals surface area (Å²) in [6.45, 7) is 0. The first-order valence-corrected chi connectivity index (χ1v) is 4.40. The van der Waals surface area contributed by atoms with Crippen molar-refractivity contribution >= 4 is 22.1 Å². The van der Waals surface area contributed by atoms with E-state index in [9.17, 15) is 0 Å². The minimum atomic E-state index is 0.774.